The molecule has 0 atom stereocenters. The second kappa shape index (κ2) is 7.72. The van der Waals surface area contributed by atoms with Gasteiger partial charge in [-0.15, -0.1) is 0 Å². The summed E-state index contributed by atoms with van der Waals surface area (Å²) in [5, 5.41) is 0.303. The van der Waals surface area contributed by atoms with Gasteiger partial charge in [-0.05, 0) is 42.5 Å². The molecule has 1 heterocycles. The molecule has 0 saturated carbocycles. The Morgan fingerprint density at radius 2 is 1.83 bits per heavy atom. The Labute approximate surface area is 177 Å². The normalized spacial score (nSPS) is 11.8. The maximum absolute atomic E-state index is 13.2. The predicted octanol–water partition coefficient (Wildman–Crippen LogP) is 7.24. The topological polar surface area (TPSA) is 37.9 Å². The van der Waals surface area contributed by atoms with Gasteiger partial charge in [0.2, 0.25) is 0 Å². The lowest BCUT2D eigenvalue weighted by Crippen LogP contribution is -2.10. The summed E-state index contributed by atoms with van der Waals surface area (Å²) in [6.45, 7) is -0.258. The van der Waals surface area contributed by atoms with E-state index in [9.17, 15) is 13.2 Å². The number of ether oxygens (including phenoxy) is 1. The minimum atomic E-state index is -4.45. The number of alkyl halides is 3. The van der Waals surface area contributed by atoms with Crippen molar-refractivity contribution in [2.24, 2.45) is 0 Å². The van der Waals surface area contributed by atoms with Crippen molar-refractivity contribution < 1.29 is 17.9 Å². The second-order valence-electron chi connectivity index (χ2n) is 6.34. The van der Waals surface area contributed by atoms with Crippen molar-refractivity contribution in [3.05, 3.63) is 81.3 Å². The summed E-state index contributed by atoms with van der Waals surface area (Å²) in [7, 11) is 0. The van der Waals surface area contributed by atoms with Gasteiger partial charge in [-0.25, -0.2) is 4.98 Å². The second-order valence-corrected chi connectivity index (χ2v) is 7.66. The average Bonchev–Trinajstić information content (AvgIpc) is 3.10. The van der Waals surface area contributed by atoms with Gasteiger partial charge in [-0.1, -0.05) is 45.7 Å². The van der Waals surface area contributed by atoms with Crippen LogP contribution in [-0.4, -0.2) is 9.97 Å². The number of imidazole rings is 1. The Balaban J connectivity index is 1.62. The lowest BCUT2D eigenvalue weighted by atomic mass is 10.1. The van der Waals surface area contributed by atoms with E-state index < -0.39 is 11.7 Å². The smallest absolute Gasteiger partial charge is 0.416 e. The summed E-state index contributed by atoms with van der Waals surface area (Å²) in [6, 6.07) is 16.0. The Morgan fingerprint density at radius 3 is 2.62 bits per heavy atom. The standard InChI is InChI=1S/C21H13BrClF3N2O/c22-14-6-8-17-18(10-14)28-20(27-17)12-5-7-16(23)19(9-12)29-11-13-3-1-2-4-15(13)21(24,25)26/h1-10H,11H2,(H,27,28). The van der Waals surface area contributed by atoms with Crippen LogP contribution in [0.1, 0.15) is 11.1 Å². The number of fused-ring (bicyclic) bond motifs is 1. The number of hydrogen-bond donors (Lipinski definition) is 1. The molecule has 3 nitrogen and oxygen atoms in total. The molecule has 148 valence electrons. The molecule has 0 bridgehead atoms. The van der Waals surface area contributed by atoms with Gasteiger partial charge in [0.25, 0.3) is 0 Å². The minimum absolute atomic E-state index is 0.0371. The number of rotatable bonds is 4. The number of hydrogen-bond acceptors (Lipinski definition) is 2. The molecule has 0 aliphatic heterocycles. The van der Waals surface area contributed by atoms with Crippen molar-refractivity contribution in [2.75, 3.05) is 0 Å². The molecule has 0 aliphatic carbocycles. The number of nitrogens with zero attached hydrogens (tertiary/aromatic N) is 1. The van der Waals surface area contributed by atoms with Crippen molar-refractivity contribution in [1.29, 1.82) is 0 Å². The zero-order valence-electron chi connectivity index (χ0n) is 14.7. The van der Waals surface area contributed by atoms with Gasteiger partial charge < -0.3 is 9.72 Å². The lowest BCUT2D eigenvalue weighted by molar-refractivity contribution is -0.138. The van der Waals surface area contributed by atoms with Crippen molar-refractivity contribution in [3.63, 3.8) is 0 Å². The molecule has 0 spiro atoms. The van der Waals surface area contributed by atoms with E-state index in [1.165, 1.54) is 12.1 Å². The van der Waals surface area contributed by atoms with Crippen molar-refractivity contribution in [1.82, 2.24) is 9.97 Å². The van der Waals surface area contributed by atoms with Crippen molar-refractivity contribution in [2.45, 2.75) is 12.8 Å². The highest BCUT2D eigenvalue weighted by Crippen LogP contribution is 2.34. The van der Waals surface area contributed by atoms with Gasteiger partial charge in [0.1, 0.15) is 18.2 Å². The molecule has 1 N–H and O–H groups in total. The third-order valence-electron chi connectivity index (χ3n) is 4.35. The number of halogens is 5. The van der Waals surface area contributed by atoms with Gasteiger partial charge in [0, 0.05) is 15.6 Å². The average molecular weight is 482 g/mol. The van der Waals surface area contributed by atoms with Gasteiger partial charge in [-0.2, -0.15) is 13.2 Å². The fourth-order valence-electron chi connectivity index (χ4n) is 2.96. The van der Waals surface area contributed by atoms with Crippen molar-refractivity contribution >= 4 is 38.6 Å². The molecule has 3 aromatic carbocycles. The van der Waals surface area contributed by atoms with Crippen LogP contribution in [-0.2, 0) is 12.8 Å². The lowest BCUT2D eigenvalue weighted by Gasteiger charge is -2.14. The molecular formula is C21H13BrClF3N2O. The highest BCUT2D eigenvalue weighted by Gasteiger charge is 2.33. The molecule has 0 saturated heterocycles. The SMILES string of the molecule is FC(F)(F)c1ccccc1COc1cc(-c2nc3ccc(Br)cc3[nH]2)ccc1Cl. The summed E-state index contributed by atoms with van der Waals surface area (Å²) >= 11 is 9.61. The van der Waals surface area contributed by atoms with Crippen LogP contribution < -0.4 is 4.74 Å². The summed E-state index contributed by atoms with van der Waals surface area (Å²) < 4.78 is 46.1. The Hall–Kier alpha value is -2.51. The fraction of sp³-hybridized carbons (Fsp3) is 0.0952. The first-order valence-corrected chi connectivity index (χ1v) is 9.71. The third kappa shape index (κ3) is 4.26. The number of aromatic amines is 1. The van der Waals surface area contributed by atoms with Gasteiger partial charge in [-0.3, -0.25) is 0 Å². The first kappa shape index (κ1) is 19.8. The van der Waals surface area contributed by atoms with E-state index in [0.29, 0.717) is 16.4 Å². The number of benzene rings is 3. The van der Waals surface area contributed by atoms with Crippen LogP contribution in [0.2, 0.25) is 5.02 Å². The maximum Gasteiger partial charge on any atom is 0.416 e. The third-order valence-corrected chi connectivity index (χ3v) is 5.16. The number of aromatic nitrogens is 2. The van der Waals surface area contributed by atoms with E-state index in [1.54, 1.807) is 24.3 Å². The fourth-order valence-corrected chi connectivity index (χ4v) is 3.49. The molecule has 0 amide bonds. The molecule has 4 rings (SSSR count). The predicted molar refractivity (Wildman–Crippen MR) is 110 cm³/mol. The van der Waals surface area contributed by atoms with Crippen LogP contribution in [0.5, 0.6) is 5.75 Å². The Bertz CT molecular complexity index is 1190. The van der Waals surface area contributed by atoms with Gasteiger partial charge in [0.05, 0.1) is 21.6 Å². The molecule has 29 heavy (non-hydrogen) atoms. The Morgan fingerprint density at radius 1 is 1.03 bits per heavy atom. The quantitative estimate of drug-likeness (QED) is 0.333. The first-order chi connectivity index (χ1) is 13.8. The highest BCUT2D eigenvalue weighted by molar-refractivity contribution is 9.10. The zero-order valence-corrected chi connectivity index (χ0v) is 17.1. The van der Waals surface area contributed by atoms with Crippen LogP contribution in [0, 0.1) is 0 Å². The van der Waals surface area contributed by atoms with E-state index in [0.717, 1.165) is 21.6 Å². The molecule has 8 heteroatoms. The minimum Gasteiger partial charge on any atom is -0.487 e. The van der Waals surface area contributed by atoms with Crippen LogP contribution in [0.25, 0.3) is 22.4 Å². The summed E-state index contributed by atoms with van der Waals surface area (Å²) in [5.74, 6) is 0.887. The van der Waals surface area contributed by atoms with Crippen molar-refractivity contribution in [3.8, 4) is 17.1 Å². The zero-order chi connectivity index (χ0) is 20.6. The maximum atomic E-state index is 13.2. The highest BCUT2D eigenvalue weighted by atomic mass is 79.9. The van der Waals surface area contributed by atoms with E-state index >= 15 is 0 Å². The van der Waals surface area contributed by atoms with Gasteiger partial charge >= 0.3 is 6.18 Å². The molecule has 1 aromatic heterocycles. The largest absolute Gasteiger partial charge is 0.487 e. The molecular weight excluding hydrogens is 469 g/mol. The van der Waals surface area contributed by atoms with E-state index in [4.69, 9.17) is 16.3 Å². The van der Waals surface area contributed by atoms with Crippen LogP contribution in [0.4, 0.5) is 13.2 Å². The summed E-state index contributed by atoms with van der Waals surface area (Å²) in [6.07, 6.45) is -4.45. The monoisotopic (exact) mass is 480 g/mol. The number of nitrogens with one attached hydrogen (secondary N) is 1. The molecule has 0 fully saturated rings. The van der Waals surface area contributed by atoms with E-state index in [1.807, 2.05) is 18.2 Å². The summed E-state index contributed by atoms with van der Waals surface area (Å²) in [5.41, 5.74) is 1.66. The molecule has 0 unspecified atom stereocenters. The molecule has 0 aliphatic rings. The summed E-state index contributed by atoms with van der Waals surface area (Å²) in [4.78, 5) is 7.75. The Kier molecular flexibility index (Phi) is 5.27. The van der Waals surface area contributed by atoms with E-state index in [2.05, 4.69) is 25.9 Å². The molecule has 4 aromatic rings. The van der Waals surface area contributed by atoms with Crippen LogP contribution >= 0.6 is 27.5 Å². The van der Waals surface area contributed by atoms with E-state index in [-0.39, 0.29) is 17.9 Å². The molecule has 0 radical (unpaired) electrons. The van der Waals surface area contributed by atoms with Crippen LogP contribution in [0.3, 0.4) is 0 Å². The first-order valence-electron chi connectivity index (χ1n) is 8.54. The number of H-pyrrole nitrogens is 1. The van der Waals surface area contributed by atoms with Gasteiger partial charge in [0.15, 0.2) is 0 Å². The van der Waals surface area contributed by atoms with Crippen LogP contribution in [0.15, 0.2) is 65.1 Å².